The highest BCUT2D eigenvalue weighted by molar-refractivity contribution is 7.99. The predicted molar refractivity (Wildman–Crippen MR) is 101 cm³/mol. The summed E-state index contributed by atoms with van der Waals surface area (Å²) in [6.45, 7) is 1.68. The van der Waals surface area contributed by atoms with Gasteiger partial charge in [0, 0.05) is 12.7 Å². The standard InChI is InChI=1S/C20H19F3N2O3S/c21-20(22,23)14-4-6-18(24-11-14)29-12-19(26)25-7-1-2-15(25)13-3-5-16-17(10-13)28-9-8-27-16/h3-6,10-11,15H,1-2,7-9,12H2. The van der Waals surface area contributed by atoms with Crippen LogP contribution in [0.2, 0.25) is 0 Å². The van der Waals surface area contributed by atoms with E-state index in [0.29, 0.717) is 36.3 Å². The summed E-state index contributed by atoms with van der Waals surface area (Å²) in [5, 5.41) is 0.390. The van der Waals surface area contributed by atoms with Gasteiger partial charge in [0.2, 0.25) is 5.91 Å². The molecule has 0 spiro atoms. The molecule has 2 aliphatic rings. The van der Waals surface area contributed by atoms with Gasteiger partial charge in [-0.3, -0.25) is 4.79 Å². The first kappa shape index (κ1) is 19.9. The maximum atomic E-state index is 12.8. The number of benzene rings is 1. The number of hydrogen-bond acceptors (Lipinski definition) is 5. The minimum atomic E-state index is -4.42. The van der Waals surface area contributed by atoms with Gasteiger partial charge in [0.25, 0.3) is 0 Å². The second kappa shape index (κ2) is 8.14. The Balaban J connectivity index is 1.40. The van der Waals surface area contributed by atoms with E-state index in [1.807, 2.05) is 23.1 Å². The van der Waals surface area contributed by atoms with Crippen LogP contribution in [0.25, 0.3) is 0 Å². The van der Waals surface area contributed by atoms with Crippen LogP contribution in [0.15, 0.2) is 41.6 Å². The smallest absolute Gasteiger partial charge is 0.417 e. The topological polar surface area (TPSA) is 51.7 Å². The number of pyridine rings is 1. The van der Waals surface area contributed by atoms with Crippen molar-refractivity contribution in [2.24, 2.45) is 0 Å². The fourth-order valence-electron chi connectivity index (χ4n) is 3.53. The maximum Gasteiger partial charge on any atom is 0.417 e. The number of carbonyl (C=O) groups excluding carboxylic acids is 1. The van der Waals surface area contributed by atoms with Crippen molar-refractivity contribution < 1.29 is 27.4 Å². The van der Waals surface area contributed by atoms with Crippen LogP contribution in [0.4, 0.5) is 13.2 Å². The third-order valence-corrected chi connectivity index (χ3v) is 5.86. The Morgan fingerprint density at radius 1 is 1.17 bits per heavy atom. The van der Waals surface area contributed by atoms with Gasteiger partial charge in [-0.25, -0.2) is 4.98 Å². The van der Waals surface area contributed by atoms with Crippen molar-refractivity contribution in [2.75, 3.05) is 25.5 Å². The molecule has 1 saturated heterocycles. The number of thioether (sulfide) groups is 1. The number of carbonyl (C=O) groups is 1. The number of halogens is 3. The number of nitrogens with zero attached hydrogens (tertiary/aromatic N) is 2. The van der Waals surface area contributed by atoms with Crippen LogP contribution < -0.4 is 9.47 Å². The Morgan fingerprint density at radius 3 is 2.69 bits per heavy atom. The third-order valence-electron chi connectivity index (χ3n) is 4.93. The van der Waals surface area contributed by atoms with Gasteiger partial charge < -0.3 is 14.4 Å². The Labute approximate surface area is 170 Å². The first-order valence-corrected chi connectivity index (χ1v) is 10.3. The van der Waals surface area contributed by atoms with Gasteiger partial charge in [-0.15, -0.1) is 0 Å². The second-order valence-electron chi connectivity index (χ2n) is 6.82. The summed E-state index contributed by atoms with van der Waals surface area (Å²) in [6, 6.07) is 7.98. The molecule has 1 fully saturated rings. The highest BCUT2D eigenvalue weighted by Crippen LogP contribution is 2.38. The molecule has 1 aromatic carbocycles. The number of ether oxygens (including phenoxy) is 2. The summed E-state index contributed by atoms with van der Waals surface area (Å²) < 4.78 is 49.1. The van der Waals surface area contributed by atoms with Crippen LogP contribution in [0.3, 0.4) is 0 Å². The number of aromatic nitrogens is 1. The van der Waals surface area contributed by atoms with Crippen molar-refractivity contribution in [3.63, 3.8) is 0 Å². The largest absolute Gasteiger partial charge is 0.486 e. The average Bonchev–Trinajstić information content (AvgIpc) is 3.21. The Morgan fingerprint density at radius 2 is 1.97 bits per heavy atom. The Kier molecular flexibility index (Phi) is 5.58. The zero-order chi connectivity index (χ0) is 20.4. The SMILES string of the molecule is O=C(CSc1ccc(C(F)(F)F)cn1)N1CCCC1c1ccc2c(c1)OCCO2. The van der Waals surface area contributed by atoms with Crippen LogP contribution in [0.5, 0.6) is 11.5 Å². The van der Waals surface area contributed by atoms with Crippen molar-refractivity contribution >= 4 is 17.7 Å². The van der Waals surface area contributed by atoms with Crippen LogP contribution in [-0.2, 0) is 11.0 Å². The van der Waals surface area contributed by atoms with E-state index in [2.05, 4.69) is 4.98 Å². The molecule has 9 heteroatoms. The fourth-order valence-corrected chi connectivity index (χ4v) is 4.26. The lowest BCUT2D eigenvalue weighted by Gasteiger charge is -2.26. The van der Waals surface area contributed by atoms with Gasteiger partial charge in [0.05, 0.1) is 22.4 Å². The maximum absolute atomic E-state index is 12.8. The monoisotopic (exact) mass is 424 g/mol. The van der Waals surface area contributed by atoms with Crippen molar-refractivity contribution in [2.45, 2.75) is 30.1 Å². The number of amides is 1. The molecule has 0 saturated carbocycles. The molecule has 154 valence electrons. The molecule has 4 rings (SSSR count). The molecule has 0 radical (unpaired) electrons. The van der Waals surface area contributed by atoms with E-state index < -0.39 is 11.7 Å². The van der Waals surface area contributed by atoms with Gasteiger partial charge >= 0.3 is 6.18 Å². The van der Waals surface area contributed by atoms with Gasteiger partial charge in [0.1, 0.15) is 13.2 Å². The van der Waals surface area contributed by atoms with Crippen molar-refractivity contribution in [3.8, 4) is 11.5 Å². The molecule has 1 amide bonds. The van der Waals surface area contributed by atoms with Crippen molar-refractivity contribution in [3.05, 3.63) is 47.7 Å². The third kappa shape index (κ3) is 4.44. The lowest BCUT2D eigenvalue weighted by Crippen LogP contribution is -2.32. The first-order valence-electron chi connectivity index (χ1n) is 9.27. The molecule has 1 aromatic heterocycles. The number of fused-ring (bicyclic) bond motifs is 1. The van der Waals surface area contributed by atoms with Crippen molar-refractivity contribution in [1.29, 1.82) is 0 Å². The lowest BCUT2D eigenvalue weighted by molar-refractivity contribution is -0.138. The normalized spacial score (nSPS) is 18.7. The predicted octanol–water partition coefficient (Wildman–Crippen LogP) is 4.33. The zero-order valence-corrected chi connectivity index (χ0v) is 16.3. The fraction of sp³-hybridized carbons (Fsp3) is 0.400. The van der Waals surface area contributed by atoms with E-state index in [0.717, 1.165) is 42.4 Å². The molecule has 2 aliphatic heterocycles. The molecule has 0 aliphatic carbocycles. The summed E-state index contributed by atoms with van der Waals surface area (Å²) >= 11 is 1.14. The zero-order valence-electron chi connectivity index (χ0n) is 15.4. The van der Waals surface area contributed by atoms with E-state index in [1.165, 1.54) is 6.07 Å². The Bertz CT molecular complexity index is 890. The highest BCUT2D eigenvalue weighted by atomic mass is 32.2. The van der Waals surface area contributed by atoms with E-state index >= 15 is 0 Å². The molecular formula is C20H19F3N2O3S. The van der Waals surface area contributed by atoms with E-state index in [1.54, 1.807) is 0 Å². The molecule has 29 heavy (non-hydrogen) atoms. The molecule has 1 unspecified atom stereocenters. The minimum Gasteiger partial charge on any atom is -0.486 e. The van der Waals surface area contributed by atoms with Gasteiger partial charge in [-0.1, -0.05) is 17.8 Å². The number of hydrogen-bond donors (Lipinski definition) is 0. The molecular weight excluding hydrogens is 405 g/mol. The van der Waals surface area contributed by atoms with Crippen LogP contribution >= 0.6 is 11.8 Å². The van der Waals surface area contributed by atoms with Gasteiger partial charge in [-0.2, -0.15) is 13.2 Å². The molecule has 2 aromatic rings. The minimum absolute atomic E-state index is 0.0421. The summed E-state index contributed by atoms with van der Waals surface area (Å²) in [6.07, 6.45) is -1.87. The second-order valence-corrected chi connectivity index (χ2v) is 7.82. The van der Waals surface area contributed by atoms with Crippen LogP contribution in [0.1, 0.15) is 30.0 Å². The molecule has 0 N–H and O–H groups in total. The van der Waals surface area contributed by atoms with E-state index in [4.69, 9.17) is 9.47 Å². The van der Waals surface area contributed by atoms with Crippen molar-refractivity contribution in [1.82, 2.24) is 9.88 Å². The molecule has 0 bridgehead atoms. The number of rotatable bonds is 4. The molecule has 5 nitrogen and oxygen atoms in total. The molecule has 1 atom stereocenters. The van der Waals surface area contributed by atoms with Crippen LogP contribution in [-0.4, -0.2) is 41.3 Å². The van der Waals surface area contributed by atoms with Gasteiger partial charge in [0.15, 0.2) is 11.5 Å². The number of alkyl halides is 3. The van der Waals surface area contributed by atoms with Crippen LogP contribution in [0, 0.1) is 0 Å². The van der Waals surface area contributed by atoms with Gasteiger partial charge in [-0.05, 0) is 42.7 Å². The summed E-state index contributed by atoms with van der Waals surface area (Å²) in [4.78, 5) is 18.4. The Hall–Kier alpha value is -2.42. The summed E-state index contributed by atoms with van der Waals surface area (Å²) in [7, 11) is 0. The summed E-state index contributed by atoms with van der Waals surface area (Å²) in [5.41, 5.74) is 0.198. The highest BCUT2D eigenvalue weighted by Gasteiger charge is 2.32. The quantitative estimate of drug-likeness (QED) is 0.684. The van der Waals surface area contributed by atoms with E-state index in [-0.39, 0.29) is 17.7 Å². The lowest BCUT2D eigenvalue weighted by atomic mass is 10.0. The molecule has 3 heterocycles. The average molecular weight is 424 g/mol. The first-order chi connectivity index (χ1) is 13.9. The van der Waals surface area contributed by atoms with E-state index in [9.17, 15) is 18.0 Å². The summed E-state index contributed by atoms with van der Waals surface area (Å²) in [5.74, 6) is 1.46. The number of likely N-dealkylation sites (tertiary alicyclic amines) is 1.